The third-order valence-corrected chi connectivity index (χ3v) is 1.98. The molecule has 0 bridgehead atoms. The fourth-order valence-electron chi connectivity index (χ4n) is 1.44. The minimum Gasteiger partial charge on any atom is -0.466 e. The van der Waals surface area contributed by atoms with Gasteiger partial charge in [-0.1, -0.05) is 0 Å². The molecule has 1 N–H and O–H groups in total. The number of aryl methyl sites for hydroxylation is 2. The molecule has 1 aromatic heterocycles. The van der Waals surface area contributed by atoms with E-state index in [-0.39, 0.29) is 13.0 Å². The van der Waals surface area contributed by atoms with Gasteiger partial charge in [-0.3, -0.25) is 9.59 Å². The Hall–Kier alpha value is -1.91. The van der Waals surface area contributed by atoms with Crippen LogP contribution in [0.25, 0.3) is 0 Å². The van der Waals surface area contributed by atoms with E-state index in [0.29, 0.717) is 5.82 Å². The first-order valence-electron chi connectivity index (χ1n) is 5.42. The third kappa shape index (κ3) is 4.63. The van der Waals surface area contributed by atoms with Crippen molar-refractivity contribution in [3.8, 4) is 0 Å². The quantitative estimate of drug-likeness (QED) is 0.636. The number of hydrogen-bond donors (Lipinski definition) is 1. The Morgan fingerprint density at radius 3 is 2.65 bits per heavy atom. The first-order valence-corrected chi connectivity index (χ1v) is 5.42. The normalized spacial score (nSPS) is 9.82. The topological polar surface area (TPSA) is 68.3 Å². The lowest BCUT2D eigenvalue weighted by Gasteiger charge is -2.06. The highest BCUT2D eigenvalue weighted by Gasteiger charge is 2.11. The summed E-state index contributed by atoms with van der Waals surface area (Å²) in [5.41, 5.74) is 1.82. The van der Waals surface area contributed by atoms with Gasteiger partial charge in [0.05, 0.1) is 6.61 Å². The molecule has 1 heterocycles. The number of carbonyl (C=O) groups is 2. The average molecular weight is 236 g/mol. The van der Waals surface area contributed by atoms with Gasteiger partial charge in [-0.05, 0) is 38.5 Å². The van der Waals surface area contributed by atoms with Crippen LogP contribution in [0, 0.1) is 13.8 Å². The van der Waals surface area contributed by atoms with E-state index in [9.17, 15) is 9.59 Å². The van der Waals surface area contributed by atoms with Crippen molar-refractivity contribution in [3.05, 3.63) is 23.4 Å². The van der Waals surface area contributed by atoms with Gasteiger partial charge in [-0.25, -0.2) is 4.98 Å². The standard InChI is InChI=1S/C12H16N2O3/c1-4-17-12(16)7-11(15)14-10-6-8(2)5-9(3)13-10/h5-6H,4,7H2,1-3H3,(H,13,14,15). The predicted octanol–water partition coefficient (Wildman–Crippen LogP) is 1.59. The van der Waals surface area contributed by atoms with Crippen LogP contribution < -0.4 is 5.32 Å². The molecule has 0 saturated heterocycles. The van der Waals surface area contributed by atoms with Crippen LogP contribution in [0.5, 0.6) is 0 Å². The highest BCUT2D eigenvalue weighted by molar-refractivity contribution is 6.01. The van der Waals surface area contributed by atoms with E-state index in [1.54, 1.807) is 13.0 Å². The number of nitrogens with one attached hydrogen (secondary N) is 1. The summed E-state index contributed by atoms with van der Waals surface area (Å²) in [5, 5.41) is 2.56. The third-order valence-electron chi connectivity index (χ3n) is 1.98. The summed E-state index contributed by atoms with van der Waals surface area (Å²) in [4.78, 5) is 26.7. The Balaban J connectivity index is 2.59. The van der Waals surface area contributed by atoms with E-state index in [0.717, 1.165) is 11.3 Å². The van der Waals surface area contributed by atoms with Crippen molar-refractivity contribution >= 4 is 17.7 Å². The molecule has 0 radical (unpaired) electrons. The molecule has 1 rings (SSSR count). The highest BCUT2D eigenvalue weighted by Crippen LogP contribution is 2.09. The lowest BCUT2D eigenvalue weighted by atomic mass is 10.2. The van der Waals surface area contributed by atoms with Crippen molar-refractivity contribution in [1.82, 2.24) is 4.98 Å². The fraction of sp³-hybridized carbons (Fsp3) is 0.417. The molecule has 0 unspecified atom stereocenters. The van der Waals surface area contributed by atoms with Gasteiger partial charge in [0.1, 0.15) is 12.2 Å². The van der Waals surface area contributed by atoms with Crippen LogP contribution in [-0.4, -0.2) is 23.5 Å². The van der Waals surface area contributed by atoms with Crippen LogP contribution in [0.4, 0.5) is 5.82 Å². The summed E-state index contributed by atoms with van der Waals surface area (Å²) in [6.07, 6.45) is -0.289. The van der Waals surface area contributed by atoms with Gasteiger partial charge < -0.3 is 10.1 Å². The number of ether oxygens (including phenoxy) is 1. The zero-order valence-corrected chi connectivity index (χ0v) is 10.2. The molecule has 0 atom stereocenters. The van der Waals surface area contributed by atoms with Crippen LogP contribution >= 0.6 is 0 Å². The second-order valence-electron chi connectivity index (χ2n) is 3.70. The predicted molar refractivity (Wildman–Crippen MR) is 63.6 cm³/mol. The molecule has 5 heteroatoms. The summed E-state index contributed by atoms with van der Waals surface area (Å²) in [6.45, 7) is 5.72. The van der Waals surface area contributed by atoms with Gasteiger partial charge in [-0.15, -0.1) is 0 Å². The van der Waals surface area contributed by atoms with Crippen molar-refractivity contribution in [3.63, 3.8) is 0 Å². The molecule has 92 valence electrons. The SMILES string of the molecule is CCOC(=O)CC(=O)Nc1cc(C)cc(C)n1. The van der Waals surface area contributed by atoms with Crippen LogP contribution in [0.15, 0.2) is 12.1 Å². The molecule has 0 aromatic carbocycles. The number of esters is 1. The highest BCUT2D eigenvalue weighted by atomic mass is 16.5. The van der Waals surface area contributed by atoms with E-state index in [1.807, 2.05) is 19.9 Å². The molecule has 0 aliphatic rings. The maximum Gasteiger partial charge on any atom is 0.315 e. The number of rotatable bonds is 4. The molecule has 17 heavy (non-hydrogen) atoms. The number of nitrogens with zero attached hydrogens (tertiary/aromatic N) is 1. The summed E-state index contributed by atoms with van der Waals surface area (Å²) < 4.78 is 4.68. The molecule has 0 spiro atoms. The average Bonchev–Trinajstić information content (AvgIpc) is 2.14. The van der Waals surface area contributed by atoms with Crippen LogP contribution in [0.1, 0.15) is 24.6 Å². The largest absolute Gasteiger partial charge is 0.466 e. The number of carbonyl (C=O) groups excluding carboxylic acids is 2. The van der Waals surface area contributed by atoms with Gasteiger partial charge in [0.2, 0.25) is 5.91 Å². The molecule has 0 fully saturated rings. The van der Waals surface area contributed by atoms with E-state index < -0.39 is 11.9 Å². The van der Waals surface area contributed by atoms with Gasteiger partial charge in [-0.2, -0.15) is 0 Å². The Morgan fingerprint density at radius 2 is 2.06 bits per heavy atom. The maximum atomic E-state index is 11.5. The molecule has 5 nitrogen and oxygen atoms in total. The van der Waals surface area contributed by atoms with E-state index >= 15 is 0 Å². The fourth-order valence-corrected chi connectivity index (χ4v) is 1.44. The molecule has 1 aromatic rings. The number of amides is 1. The Labute approximate surface area is 100 Å². The van der Waals surface area contributed by atoms with Crippen molar-refractivity contribution in [2.24, 2.45) is 0 Å². The van der Waals surface area contributed by atoms with Gasteiger partial charge in [0.15, 0.2) is 0 Å². The minimum absolute atomic E-state index is 0.272. The van der Waals surface area contributed by atoms with Crippen molar-refractivity contribution < 1.29 is 14.3 Å². The molecule has 0 aliphatic carbocycles. The Morgan fingerprint density at radius 1 is 1.35 bits per heavy atom. The van der Waals surface area contributed by atoms with Gasteiger partial charge in [0, 0.05) is 5.69 Å². The minimum atomic E-state index is -0.533. The molecular weight excluding hydrogens is 220 g/mol. The van der Waals surface area contributed by atoms with Gasteiger partial charge in [0.25, 0.3) is 0 Å². The van der Waals surface area contributed by atoms with E-state index in [4.69, 9.17) is 0 Å². The Bertz CT molecular complexity index is 410. The second kappa shape index (κ2) is 5.98. The summed E-state index contributed by atoms with van der Waals surface area (Å²) in [6, 6.07) is 3.65. The monoisotopic (exact) mass is 236 g/mol. The lowest BCUT2D eigenvalue weighted by Crippen LogP contribution is -2.18. The number of aromatic nitrogens is 1. The van der Waals surface area contributed by atoms with Crippen LogP contribution in [-0.2, 0) is 14.3 Å². The maximum absolute atomic E-state index is 11.5. The van der Waals surface area contributed by atoms with Crippen LogP contribution in [0.3, 0.4) is 0 Å². The van der Waals surface area contributed by atoms with Crippen LogP contribution in [0.2, 0.25) is 0 Å². The summed E-state index contributed by atoms with van der Waals surface area (Å²) in [7, 11) is 0. The summed E-state index contributed by atoms with van der Waals surface area (Å²) in [5.74, 6) is -0.493. The van der Waals surface area contributed by atoms with Crippen molar-refractivity contribution in [2.75, 3.05) is 11.9 Å². The first-order chi connectivity index (χ1) is 8.01. The zero-order valence-electron chi connectivity index (χ0n) is 10.2. The van der Waals surface area contributed by atoms with E-state index in [1.165, 1.54) is 0 Å². The van der Waals surface area contributed by atoms with Crippen molar-refractivity contribution in [2.45, 2.75) is 27.2 Å². The number of hydrogen-bond acceptors (Lipinski definition) is 4. The Kier molecular flexibility index (Phi) is 4.63. The molecule has 0 saturated carbocycles. The zero-order chi connectivity index (χ0) is 12.8. The number of pyridine rings is 1. The van der Waals surface area contributed by atoms with Crippen molar-refractivity contribution in [1.29, 1.82) is 0 Å². The lowest BCUT2D eigenvalue weighted by molar-refractivity contribution is -0.145. The van der Waals surface area contributed by atoms with E-state index in [2.05, 4.69) is 15.0 Å². The molecule has 0 aliphatic heterocycles. The second-order valence-corrected chi connectivity index (χ2v) is 3.70. The smallest absolute Gasteiger partial charge is 0.315 e. The first kappa shape index (κ1) is 13.2. The summed E-state index contributed by atoms with van der Waals surface area (Å²) >= 11 is 0. The number of anilines is 1. The van der Waals surface area contributed by atoms with Gasteiger partial charge >= 0.3 is 5.97 Å². The molecular formula is C12H16N2O3. The molecule has 1 amide bonds.